The molecule has 0 saturated carbocycles. The van der Waals surface area contributed by atoms with Gasteiger partial charge in [-0.1, -0.05) is 29.4 Å². The second-order valence-electron chi connectivity index (χ2n) is 4.77. The SMILES string of the molecule is O=[N+]([O-])c1ccc(/C=C/COc2nnnn2-c2ccccc2)cc1. The molecule has 1 aromatic heterocycles. The Balaban J connectivity index is 1.61. The van der Waals surface area contributed by atoms with Crippen LogP contribution in [0.1, 0.15) is 5.56 Å². The monoisotopic (exact) mass is 323 g/mol. The maximum atomic E-state index is 10.6. The lowest BCUT2D eigenvalue weighted by Crippen LogP contribution is -2.03. The van der Waals surface area contributed by atoms with E-state index in [4.69, 9.17) is 4.74 Å². The number of nitro benzene ring substituents is 1. The third kappa shape index (κ3) is 3.61. The van der Waals surface area contributed by atoms with Crippen molar-refractivity contribution in [2.75, 3.05) is 6.61 Å². The molecular formula is C16H13N5O3. The van der Waals surface area contributed by atoms with Gasteiger partial charge in [0.05, 0.1) is 10.6 Å². The normalized spacial score (nSPS) is 10.8. The second kappa shape index (κ2) is 7.14. The van der Waals surface area contributed by atoms with Crippen molar-refractivity contribution < 1.29 is 9.66 Å². The van der Waals surface area contributed by atoms with Gasteiger partial charge in [0.2, 0.25) is 0 Å². The van der Waals surface area contributed by atoms with Gasteiger partial charge in [0.25, 0.3) is 5.69 Å². The topological polar surface area (TPSA) is 96.0 Å². The molecule has 0 radical (unpaired) electrons. The van der Waals surface area contributed by atoms with E-state index in [1.807, 2.05) is 30.3 Å². The van der Waals surface area contributed by atoms with Gasteiger partial charge in [0, 0.05) is 12.1 Å². The maximum Gasteiger partial charge on any atom is 0.340 e. The minimum atomic E-state index is -0.431. The maximum absolute atomic E-state index is 10.6. The fourth-order valence-electron chi connectivity index (χ4n) is 2.01. The van der Waals surface area contributed by atoms with E-state index in [0.29, 0.717) is 0 Å². The average molecular weight is 323 g/mol. The molecule has 0 atom stereocenters. The molecule has 0 spiro atoms. The minimum Gasteiger partial charge on any atom is -0.458 e. The van der Waals surface area contributed by atoms with Crippen LogP contribution in [0.4, 0.5) is 5.69 Å². The van der Waals surface area contributed by atoms with Crippen molar-refractivity contribution in [2.24, 2.45) is 0 Å². The van der Waals surface area contributed by atoms with Gasteiger partial charge in [-0.15, -0.1) is 0 Å². The predicted molar refractivity (Wildman–Crippen MR) is 86.8 cm³/mol. The van der Waals surface area contributed by atoms with Crippen LogP contribution in [0.2, 0.25) is 0 Å². The lowest BCUT2D eigenvalue weighted by molar-refractivity contribution is -0.384. The van der Waals surface area contributed by atoms with Crippen LogP contribution in [0.5, 0.6) is 6.01 Å². The van der Waals surface area contributed by atoms with Crippen molar-refractivity contribution >= 4 is 11.8 Å². The van der Waals surface area contributed by atoms with Crippen LogP contribution in [0.25, 0.3) is 11.8 Å². The third-order valence-electron chi connectivity index (χ3n) is 3.16. The highest BCUT2D eigenvalue weighted by Gasteiger charge is 2.08. The minimum absolute atomic E-state index is 0.0606. The van der Waals surface area contributed by atoms with Crippen LogP contribution in [0.15, 0.2) is 60.7 Å². The highest BCUT2D eigenvalue weighted by atomic mass is 16.6. The zero-order valence-electron chi connectivity index (χ0n) is 12.5. The Morgan fingerprint density at radius 1 is 1.12 bits per heavy atom. The van der Waals surface area contributed by atoms with E-state index in [2.05, 4.69) is 15.5 Å². The van der Waals surface area contributed by atoms with E-state index < -0.39 is 4.92 Å². The summed E-state index contributed by atoms with van der Waals surface area (Å²) in [5.41, 5.74) is 1.70. The van der Waals surface area contributed by atoms with Gasteiger partial charge in [-0.3, -0.25) is 10.1 Å². The van der Waals surface area contributed by atoms with E-state index in [9.17, 15) is 10.1 Å². The van der Waals surface area contributed by atoms with E-state index in [1.165, 1.54) is 16.8 Å². The number of ether oxygens (including phenoxy) is 1. The smallest absolute Gasteiger partial charge is 0.340 e. The molecular weight excluding hydrogens is 310 g/mol. The molecule has 0 fully saturated rings. The molecule has 0 N–H and O–H groups in total. The number of aromatic nitrogens is 4. The predicted octanol–water partition coefficient (Wildman–Crippen LogP) is 2.66. The summed E-state index contributed by atoms with van der Waals surface area (Å²) in [5.74, 6) is 0. The molecule has 0 aliphatic rings. The molecule has 2 aromatic carbocycles. The highest BCUT2D eigenvalue weighted by Crippen LogP contribution is 2.14. The van der Waals surface area contributed by atoms with Crippen molar-refractivity contribution in [3.63, 3.8) is 0 Å². The Morgan fingerprint density at radius 2 is 1.88 bits per heavy atom. The Kier molecular flexibility index (Phi) is 4.57. The largest absolute Gasteiger partial charge is 0.458 e. The number of hydrogen-bond acceptors (Lipinski definition) is 6. The van der Waals surface area contributed by atoms with Gasteiger partial charge >= 0.3 is 6.01 Å². The number of nitro groups is 1. The molecule has 8 nitrogen and oxygen atoms in total. The fraction of sp³-hybridized carbons (Fsp3) is 0.0625. The number of nitrogens with zero attached hydrogens (tertiary/aromatic N) is 5. The van der Waals surface area contributed by atoms with Crippen molar-refractivity contribution in [1.29, 1.82) is 0 Å². The van der Waals surface area contributed by atoms with Gasteiger partial charge in [0.15, 0.2) is 0 Å². The van der Waals surface area contributed by atoms with Crippen LogP contribution in [0, 0.1) is 10.1 Å². The van der Waals surface area contributed by atoms with E-state index in [0.717, 1.165) is 11.3 Å². The zero-order valence-corrected chi connectivity index (χ0v) is 12.5. The van der Waals surface area contributed by atoms with E-state index >= 15 is 0 Å². The van der Waals surface area contributed by atoms with Crippen LogP contribution in [-0.4, -0.2) is 31.7 Å². The fourth-order valence-corrected chi connectivity index (χ4v) is 2.01. The molecule has 0 saturated heterocycles. The molecule has 3 rings (SSSR count). The van der Waals surface area contributed by atoms with Gasteiger partial charge < -0.3 is 4.74 Å². The van der Waals surface area contributed by atoms with Crippen molar-refractivity contribution in [2.45, 2.75) is 0 Å². The molecule has 24 heavy (non-hydrogen) atoms. The Bertz CT molecular complexity index is 844. The molecule has 1 heterocycles. The summed E-state index contributed by atoms with van der Waals surface area (Å²) >= 11 is 0. The standard InChI is InChI=1S/C16H13N5O3/c22-21(23)15-10-8-13(9-11-15)5-4-12-24-16-17-18-19-20(16)14-6-2-1-3-7-14/h1-11H,12H2/b5-4+. The molecule has 120 valence electrons. The first kappa shape index (κ1) is 15.3. The molecule has 0 aliphatic heterocycles. The van der Waals surface area contributed by atoms with Crippen LogP contribution in [0.3, 0.4) is 0 Å². The molecule has 8 heteroatoms. The first-order valence-corrected chi connectivity index (χ1v) is 7.11. The Hall–Kier alpha value is -3.55. The molecule has 0 unspecified atom stereocenters. The summed E-state index contributed by atoms with van der Waals surface area (Å²) in [5, 5.41) is 21.9. The molecule has 0 bridgehead atoms. The second-order valence-corrected chi connectivity index (χ2v) is 4.77. The number of rotatable bonds is 6. The Labute approximate surface area is 137 Å². The van der Waals surface area contributed by atoms with Gasteiger partial charge in [-0.25, -0.2) is 0 Å². The van der Waals surface area contributed by atoms with E-state index in [-0.39, 0.29) is 18.3 Å². The molecule has 0 amide bonds. The summed E-state index contributed by atoms with van der Waals surface area (Å²) in [6.07, 6.45) is 3.59. The Morgan fingerprint density at radius 3 is 2.58 bits per heavy atom. The summed E-state index contributed by atoms with van der Waals surface area (Å²) in [7, 11) is 0. The summed E-state index contributed by atoms with van der Waals surface area (Å²) < 4.78 is 7.05. The number of non-ortho nitro benzene ring substituents is 1. The van der Waals surface area contributed by atoms with Crippen molar-refractivity contribution in [1.82, 2.24) is 20.2 Å². The third-order valence-corrected chi connectivity index (χ3v) is 3.16. The number of hydrogen-bond donors (Lipinski definition) is 0. The summed E-state index contributed by atoms with van der Waals surface area (Å²) in [6, 6.07) is 15.9. The van der Waals surface area contributed by atoms with Crippen LogP contribution < -0.4 is 4.74 Å². The summed E-state index contributed by atoms with van der Waals surface area (Å²) in [4.78, 5) is 10.2. The van der Waals surface area contributed by atoms with Gasteiger partial charge in [-0.05, 0) is 46.3 Å². The average Bonchev–Trinajstić information content (AvgIpc) is 3.08. The number of tetrazole rings is 1. The van der Waals surface area contributed by atoms with Crippen molar-refractivity contribution in [3.8, 4) is 11.7 Å². The zero-order chi connectivity index (χ0) is 16.8. The van der Waals surface area contributed by atoms with Crippen molar-refractivity contribution in [3.05, 3.63) is 76.4 Å². The first-order valence-electron chi connectivity index (χ1n) is 7.11. The number of para-hydroxylation sites is 1. The van der Waals surface area contributed by atoms with Gasteiger partial charge in [-0.2, -0.15) is 4.68 Å². The van der Waals surface area contributed by atoms with Crippen LogP contribution in [-0.2, 0) is 0 Å². The lowest BCUT2D eigenvalue weighted by Gasteiger charge is -2.04. The molecule has 0 aliphatic carbocycles. The van der Waals surface area contributed by atoms with Crippen LogP contribution >= 0.6 is 0 Å². The van der Waals surface area contributed by atoms with E-state index in [1.54, 1.807) is 24.3 Å². The lowest BCUT2D eigenvalue weighted by atomic mass is 10.2. The first-order chi connectivity index (χ1) is 11.7. The highest BCUT2D eigenvalue weighted by molar-refractivity contribution is 5.51. The summed E-state index contributed by atoms with van der Waals surface area (Å²) in [6.45, 7) is 0.268. The molecule has 3 aromatic rings. The van der Waals surface area contributed by atoms with Gasteiger partial charge in [0.1, 0.15) is 6.61 Å². The quantitative estimate of drug-likeness (QED) is 0.511. The number of benzene rings is 2.